The molecule has 2 atom stereocenters. The van der Waals surface area contributed by atoms with Gasteiger partial charge in [0.1, 0.15) is 11.4 Å². The molecule has 1 fully saturated rings. The first kappa shape index (κ1) is 19.4. The van der Waals surface area contributed by atoms with Crippen molar-refractivity contribution >= 4 is 5.91 Å². The maximum atomic E-state index is 13.1. The van der Waals surface area contributed by atoms with E-state index < -0.39 is 29.1 Å². The summed E-state index contributed by atoms with van der Waals surface area (Å²) >= 11 is 0. The molecule has 2 aromatic rings. The third-order valence-corrected chi connectivity index (χ3v) is 5.05. The second-order valence-electron chi connectivity index (χ2n) is 6.89. The minimum atomic E-state index is -4.42. The summed E-state index contributed by atoms with van der Waals surface area (Å²) in [4.78, 5) is 14.2. The lowest BCUT2D eigenvalue weighted by atomic mass is 9.93. The van der Waals surface area contributed by atoms with Crippen LogP contribution in [0.2, 0.25) is 0 Å². The number of halogens is 4. The highest BCUT2D eigenvalue weighted by atomic mass is 19.4. The lowest BCUT2D eigenvalue weighted by molar-refractivity contribution is -0.137. The molecule has 0 radical (unpaired) electrons. The van der Waals surface area contributed by atoms with Gasteiger partial charge in [0.25, 0.3) is 0 Å². The van der Waals surface area contributed by atoms with Gasteiger partial charge in [-0.15, -0.1) is 0 Å². The van der Waals surface area contributed by atoms with E-state index >= 15 is 0 Å². The highest BCUT2D eigenvalue weighted by Crippen LogP contribution is 2.34. The molecular weight excluding hydrogens is 362 g/mol. The SMILES string of the molecule is CC(C(=O)N1CCC(O)(c2ccc(F)cc2)C1)c1ccc(C(F)(F)F)cc1. The second kappa shape index (κ2) is 6.96. The fraction of sp³-hybridized carbons (Fsp3) is 0.350. The molecule has 7 heteroatoms. The van der Waals surface area contributed by atoms with Crippen LogP contribution in [0.5, 0.6) is 0 Å². The molecule has 0 spiro atoms. The molecule has 0 aromatic heterocycles. The Kier molecular flexibility index (Phi) is 4.99. The zero-order valence-corrected chi connectivity index (χ0v) is 14.6. The van der Waals surface area contributed by atoms with E-state index in [0.29, 0.717) is 24.1 Å². The van der Waals surface area contributed by atoms with E-state index in [0.717, 1.165) is 12.1 Å². The lowest BCUT2D eigenvalue weighted by Gasteiger charge is -2.25. The Morgan fingerprint density at radius 3 is 2.26 bits per heavy atom. The maximum Gasteiger partial charge on any atom is 0.416 e. The molecule has 1 aliphatic rings. The molecule has 2 aromatic carbocycles. The number of benzene rings is 2. The second-order valence-corrected chi connectivity index (χ2v) is 6.89. The van der Waals surface area contributed by atoms with E-state index in [-0.39, 0.29) is 12.5 Å². The average molecular weight is 381 g/mol. The summed E-state index contributed by atoms with van der Waals surface area (Å²) in [6, 6.07) is 9.99. The predicted molar refractivity (Wildman–Crippen MR) is 91.4 cm³/mol. The van der Waals surface area contributed by atoms with E-state index in [4.69, 9.17) is 0 Å². The van der Waals surface area contributed by atoms with Crippen molar-refractivity contribution in [3.8, 4) is 0 Å². The Hall–Kier alpha value is -2.41. The molecule has 3 nitrogen and oxygen atoms in total. The van der Waals surface area contributed by atoms with Crippen LogP contribution >= 0.6 is 0 Å². The quantitative estimate of drug-likeness (QED) is 0.815. The molecule has 2 unspecified atom stereocenters. The first-order chi connectivity index (χ1) is 12.6. The molecule has 1 N–H and O–H groups in total. The molecule has 0 aliphatic carbocycles. The smallest absolute Gasteiger partial charge is 0.383 e. The van der Waals surface area contributed by atoms with Gasteiger partial charge in [-0.2, -0.15) is 13.2 Å². The normalized spacial score (nSPS) is 21.3. The first-order valence-corrected chi connectivity index (χ1v) is 8.54. The van der Waals surface area contributed by atoms with Crippen LogP contribution in [0.25, 0.3) is 0 Å². The van der Waals surface area contributed by atoms with Gasteiger partial charge in [0, 0.05) is 6.54 Å². The van der Waals surface area contributed by atoms with Gasteiger partial charge in [0.05, 0.1) is 18.0 Å². The number of hydrogen-bond donors (Lipinski definition) is 1. The third kappa shape index (κ3) is 3.98. The van der Waals surface area contributed by atoms with Crippen LogP contribution in [0.15, 0.2) is 48.5 Å². The van der Waals surface area contributed by atoms with Crippen molar-refractivity contribution in [2.75, 3.05) is 13.1 Å². The number of rotatable bonds is 3. The number of alkyl halides is 3. The van der Waals surface area contributed by atoms with E-state index in [2.05, 4.69) is 0 Å². The number of hydrogen-bond acceptors (Lipinski definition) is 2. The number of carbonyl (C=O) groups excluding carboxylic acids is 1. The molecule has 1 heterocycles. The summed E-state index contributed by atoms with van der Waals surface area (Å²) in [6.45, 7) is 2.00. The van der Waals surface area contributed by atoms with Crippen molar-refractivity contribution in [2.45, 2.75) is 31.0 Å². The summed E-state index contributed by atoms with van der Waals surface area (Å²) in [5, 5.41) is 10.8. The van der Waals surface area contributed by atoms with E-state index in [1.165, 1.54) is 41.3 Å². The molecule has 1 saturated heterocycles. The van der Waals surface area contributed by atoms with Crippen molar-refractivity contribution in [3.63, 3.8) is 0 Å². The highest BCUT2D eigenvalue weighted by Gasteiger charge is 2.40. The first-order valence-electron chi connectivity index (χ1n) is 8.54. The Balaban J connectivity index is 1.72. The minimum Gasteiger partial charge on any atom is -0.383 e. The fourth-order valence-corrected chi connectivity index (χ4v) is 3.35. The van der Waals surface area contributed by atoms with Crippen LogP contribution in [0.3, 0.4) is 0 Å². The molecule has 1 amide bonds. The Bertz CT molecular complexity index is 817. The number of amides is 1. The average Bonchev–Trinajstić information content (AvgIpc) is 3.04. The van der Waals surface area contributed by atoms with E-state index in [1.54, 1.807) is 6.92 Å². The van der Waals surface area contributed by atoms with Gasteiger partial charge in [-0.1, -0.05) is 24.3 Å². The number of carbonyl (C=O) groups is 1. The summed E-state index contributed by atoms with van der Waals surface area (Å²) in [6.07, 6.45) is -4.11. The molecule has 144 valence electrons. The van der Waals surface area contributed by atoms with Gasteiger partial charge in [0.2, 0.25) is 5.91 Å². The summed E-state index contributed by atoms with van der Waals surface area (Å²) in [5.41, 5.74) is -1.02. The highest BCUT2D eigenvalue weighted by molar-refractivity contribution is 5.83. The molecule has 1 aliphatic heterocycles. The summed E-state index contributed by atoms with van der Waals surface area (Å²) in [7, 11) is 0. The maximum absolute atomic E-state index is 13.1. The van der Waals surface area contributed by atoms with Gasteiger partial charge in [-0.3, -0.25) is 4.79 Å². The molecule has 27 heavy (non-hydrogen) atoms. The topological polar surface area (TPSA) is 40.5 Å². The number of nitrogens with zero attached hydrogens (tertiary/aromatic N) is 1. The van der Waals surface area contributed by atoms with Gasteiger partial charge < -0.3 is 10.0 Å². The minimum absolute atomic E-state index is 0.0580. The van der Waals surface area contributed by atoms with Crippen molar-refractivity contribution in [1.82, 2.24) is 4.90 Å². The van der Waals surface area contributed by atoms with Crippen LogP contribution in [0, 0.1) is 5.82 Å². The zero-order valence-electron chi connectivity index (χ0n) is 14.6. The number of likely N-dealkylation sites (tertiary alicyclic amines) is 1. The van der Waals surface area contributed by atoms with Gasteiger partial charge in [-0.05, 0) is 48.7 Å². The van der Waals surface area contributed by atoms with Crippen molar-refractivity contribution in [2.24, 2.45) is 0 Å². The monoisotopic (exact) mass is 381 g/mol. The largest absolute Gasteiger partial charge is 0.416 e. The van der Waals surface area contributed by atoms with Gasteiger partial charge in [-0.25, -0.2) is 4.39 Å². The standard InChI is InChI=1S/C20H19F4NO2/c1-13(14-2-4-16(5-3-14)20(22,23)24)18(26)25-11-10-19(27,12-25)15-6-8-17(21)9-7-15/h2-9,13,27H,10-12H2,1H3. The number of aliphatic hydroxyl groups is 1. The van der Waals surface area contributed by atoms with Crippen LogP contribution in [0.4, 0.5) is 17.6 Å². The summed E-state index contributed by atoms with van der Waals surface area (Å²) < 4.78 is 51.1. The van der Waals surface area contributed by atoms with Crippen LogP contribution < -0.4 is 0 Å². The summed E-state index contributed by atoms with van der Waals surface area (Å²) in [5.74, 6) is -1.32. The van der Waals surface area contributed by atoms with Crippen molar-refractivity contribution in [1.29, 1.82) is 0 Å². The van der Waals surface area contributed by atoms with E-state index in [9.17, 15) is 27.5 Å². The molecule has 3 rings (SSSR count). The van der Waals surface area contributed by atoms with Crippen LogP contribution in [-0.4, -0.2) is 29.0 Å². The van der Waals surface area contributed by atoms with Crippen molar-refractivity contribution in [3.05, 3.63) is 71.0 Å². The van der Waals surface area contributed by atoms with Gasteiger partial charge in [0.15, 0.2) is 0 Å². The zero-order chi connectivity index (χ0) is 19.8. The lowest BCUT2D eigenvalue weighted by Crippen LogP contribution is -2.36. The number of β-amino-alcohol motifs (C(OH)–C–C–N with tert-alkyl or cyclic N) is 1. The van der Waals surface area contributed by atoms with E-state index in [1.807, 2.05) is 0 Å². The molecule has 0 saturated carbocycles. The predicted octanol–water partition coefficient (Wildman–Crippen LogP) is 4.07. The molecular formula is C20H19F4NO2. The molecule has 0 bridgehead atoms. The fourth-order valence-electron chi connectivity index (χ4n) is 3.35. The third-order valence-electron chi connectivity index (χ3n) is 5.05. The Morgan fingerprint density at radius 1 is 1.11 bits per heavy atom. The Morgan fingerprint density at radius 2 is 1.70 bits per heavy atom. The van der Waals surface area contributed by atoms with Crippen LogP contribution in [-0.2, 0) is 16.6 Å². The van der Waals surface area contributed by atoms with Gasteiger partial charge >= 0.3 is 6.18 Å². The Labute approximate surface area is 154 Å². The van der Waals surface area contributed by atoms with Crippen LogP contribution in [0.1, 0.15) is 36.0 Å². The van der Waals surface area contributed by atoms with Crippen molar-refractivity contribution < 1.29 is 27.5 Å².